The van der Waals surface area contributed by atoms with Crippen LogP contribution in [-0.4, -0.2) is 22.9 Å². The third-order valence-corrected chi connectivity index (χ3v) is 4.94. The number of rotatable bonds is 4. The molecule has 0 saturated heterocycles. The predicted molar refractivity (Wildman–Crippen MR) is 123 cm³/mol. The fourth-order valence-corrected chi connectivity index (χ4v) is 3.44. The molecule has 1 heterocycles. The van der Waals surface area contributed by atoms with E-state index in [0.717, 1.165) is 27.7 Å². The van der Waals surface area contributed by atoms with Crippen molar-refractivity contribution in [2.45, 2.75) is 66.1 Å². The van der Waals surface area contributed by atoms with Gasteiger partial charge in [-0.3, -0.25) is 0 Å². The van der Waals surface area contributed by atoms with Crippen molar-refractivity contribution in [1.82, 2.24) is 4.57 Å². The molecule has 160 valence electrons. The summed E-state index contributed by atoms with van der Waals surface area (Å²) in [5.41, 5.74) is 4.41. The van der Waals surface area contributed by atoms with E-state index in [2.05, 4.69) is 45.0 Å². The summed E-state index contributed by atoms with van der Waals surface area (Å²) in [6, 6.07) is 16.5. The van der Waals surface area contributed by atoms with Crippen LogP contribution in [0, 0.1) is 0 Å². The monoisotopic (exact) mass is 407 g/mol. The Labute approximate surface area is 179 Å². The molecule has 0 fully saturated rings. The van der Waals surface area contributed by atoms with Crippen LogP contribution in [0.15, 0.2) is 48.5 Å². The average Bonchev–Trinajstić information content (AvgIpc) is 3.03. The molecule has 4 heteroatoms. The van der Waals surface area contributed by atoms with Gasteiger partial charge in [0.2, 0.25) is 0 Å². The highest BCUT2D eigenvalue weighted by Crippen LogP contribution is 2.33. The molecule has 3 aromatic rings. The topological polar surface area (TPSA) is 40.5 Å². The van der Waals surface area contributed by atoms with Crippen LogP contribution in [0.1, 0.15) is 59.6 Å². The van der Waals surface area contributed by atoms with Crippen molar-refractivity contribution in [1.29, 1.82) is 0 Å². The van der Waals surface area contributed by atoms with Crippen molar-refractivity contribution in [3.8, 4) is 11.3 Å². The Balaban J connectivity index is 2.18. The lowest BCUT2D eigenvalue weighted by atomic mass is 9.86. The van der Waals surface area contributed by atoms with Gasteiger partial charge in [0.25, 0.3) is 0 Å². The summed E-state index contributed by atoms with van der Waals surface area (Å²) in [4.78, 5) is 13.2. The summed E-state index contributed by atoms with van der Waals surface area (Å²) in [5, 5.41) is 0.995. The lowest BCUT2D eigenvalue weighted by molar-refractivity contribution is 0.0547. The number of hydrogen-bond donors (Lipinski definition) is 0. The molecule has 0 aliphatic carbocycles. The summed E-state index contributed by atoms with van der Waals surface area (Å²) < 4.78 is 13.0. The molecular weight excluding hydrogens is 374 g/mol. The summed E-state index contributed by atoms with van der Waals surface area (Å²) in [5.74, 6) is 0. The summed E-state index contributed by atoms with van der Waals surface area (Å²) in [6.07, 6.45) is -0.369. The van der Waals surface area contributed by atoms with Gasteiger partial charge in [0.1, 0.15) is 5.60 Å². The zero-order valence-electron chi connectivity index (χ0n) is 19.2. The van der Waals surface area contributed by atoms with E-state index < -0.39 is 5.60 Å². The Bertz CT molecular complexity index is 1050. The zero-order chi connectivity index (χ0) is 22.1. The smallest absolute Gasteiger partial charge is 0.419 e. The van der Waals surface area contributed by atoms with Crippen molar-refractivity contribution in [3.63, 3.8) is 0 Å². The van der Waals surface area contributed by atoms with E-state index in [1.807, 2.05) is 52.0 Å². The Morgan fingerprint density at radius 2 is 1.70 bits per heavy atom. The quantitative estimate of drug-likeness (QED) is 0.471. The zero-order valence-corrected chi connectivity index (χ0v) is 19.2. The molecule has 4 nitrogen and oxygen atoms in total. The Morgan fingerprint density at radius 3 is 2.33 bits per heavy atom. The fraction of sp³-hybridized carbons (Fsp3) is 0.423. The molecule has 0 radical (unpaired) electrons. The van der Waals surface area contributed by atoms with Gasteiger partial charge in [0.05, 0.1) is 17.8 Å². The largest absolute Gasteiger partial charge is 0.443 e. The number of fused-ring (bicyclic) bond motifs is 1. The molecule has 1 aromatic heterocycles. The molecule has 0 aliphatic heterocycles. The van der Waals surface area contributed by atoms with E-state index in [1.54, 1.807) is 4.57 Å². The lowest BCUT2D eigenvalue weighted by Crippen LogP contribution is -2.27. The minimum atomic E-state index is -0.576. The van der Waals surface area contributed by atoms with Crippen LogP contribution in [-0.2, 0) is 21.5 Å². The van der Waals surface area contributed by atoms with E-state index >= 15 is 0 Å². The molecule has 0 atom stereocenters. The normalized spacial score (nSPS) is 12.4. The number of carbonyl (C=O) groups is 1. The van der Waals surface area contributed by atoms with Gasteiger partial charge in [0, 0.05) is 12.0 Å². The van der Waals surface area contributed by atoms with Crippen LogP contribution in [0.3, 0.4) is 0 Å². The van der Waals surface area contributed by atoms with Gasteiger partial charge in [-0.25, -0.2) is 9.36 Å². The van der Waals surface area contributed by atoms with Gasteiger partial charge in [-0.1, -0.05) is 45.0 Å². The lowest BCUT2D eigenvalue weighted by Gasteiger charge is -2.22. The van der Waals surface area contributed by atoms with Gasteiger partial charge < -0.3 is 9.47 Å². The standard InChI is InChI=1S/C26H33NO3/c1-8-29-17-18-12-13-22-20(14-18)16-23(27(22)24(28)30-26(5,6)7)19-10-9-11-21(15-19)25(2,3)4/h9-16H,8,17H2,1-7H3. The number of aromatic nitrogens is 1. The van der Waals surface area contributed by atoms with Crippen molar-refractivity contribution in [3.05, 3.63) is 59.7 Å². The minimum absolute atomic E-state index is 0.0173. The number of hydrogen-bond acceptors (Lipinski definition) is 3. The SMILES string of the molecule is CCOCc1ccc2c(c1)cc(-c1cccc(C(C)(C)C)c1)n2C(=O)OC(C)(C)C. The van der Waals surface area contributed by atoms with Crippen LogP contribution in [0.25, 0.3) is 22.2 Å². The average molecular weight is 408 g/mol. The highest BCUT2D eigenvalue weighted by molar-refractivity contribution is 5.96. The van der Waals surface area contributed by atoms with E-state index in [4.69, 9.17) is 9.47 Å². The Morgan fingerprint density at radius 1 is 0.967 bits per heavy atom. The molecule has 0 unspecified atom stereocenters. The van der Waals surface area contributed by atoms with Gasteiger partial charge in [-0.15, -0.1) is 0 Å². The Hall–Kier alpha value is -2.59. The molecule has 0 aliphatic rings. The molecule has 3 rings (SSSR count). The van der Waals surface area contributed by atoms with Gasteiger partial charge in [-0.05, 0) is 74.1 Å². The predicted octanol–water partition coefficient (Wildman–Crippen LogP) is 6.93. The molecule has 0 amide bonds. The number of carbonyl (C=O) groups excluding carboxylic acids is 1. The first-order valence-corrected chi connectivity index (χ1v) is 10.6. The maximum absolute atomic E-state index is 13.2. The molecular formula is C26H33NO3. The molecule has 2 aromatic carbocycles. The summed E-state index contributed by atoms with van der Waals surface area (Å²) in [6.45, 7) is 15.4. The maximum Gasteiger partial charge on any atom is 0.419 e. The van der Waals surface area contributed by atoms with E-state index in [1.165, 1.54) is 5.56 Å². The van der Waals surface area contributed by atoms with Gasteiger partial charge in [-0.2, -0.15) is 0 Å². The second-order valence-corrected chi connectivity index (χ2v) is 9.71. The summed E-state index contributed by atoms with van der Waals surface area (Å²) >= 11 is 0. The number of benzene rings is 2. The van der Waals surface area contributed by atoms with Crippen molar-refractivity contribution >= 4 is 17.0 Å². The molecule has 0 saturated carbocycles. The molecule has 30 heavy (non-hydrogen) atoms. The second-order valence-electron chi connectivity index (χ2n) is 9.71. The van der Waals surface area contributed by atoms with Crippen LogP contribution in [0.5, 0.6) is 0 Å². The fourth-order valence-electron chi connectivity index (χ4n) is 3.44. The van der Waals surface area contributed by atoms with Crippen LogP contribution >= 0.6 is 0 Å². The van der Waals surface area contributed by atoms with Crippen molar-refractivity contribution in [2.24, 2.45) is 0 Å². The molecule has 0 spiro atoms. The van der Waals surface area contributed by atoms with Crippen LogP contribution in [0.2, 0.25) is 0 Å². The minimum Gasteiger partial charge on any atom is -0.443 e. The van der Waals surface area contributed by atoms with Crippen molar-refractivity contribution < 1.29 is 14.3 Å². The molecule has 0 N–H and O–H groups in total. The van der Waals surface area contributed by atoms with Crippen molar-refractivity contribution in [2.75, 3.05) is 6.61 Å². The second kappa shape index (κ2) is 8.27. The Kier molecular flexibility index (Phi) is 6.09. The third-order valence-electron chi connectivity index (χ3n) is 4.94. The highest BCUT2D eigenvalue weighted by atomic mass is 16.6. The first-order chi connectivity index (χ1) is 14.0. The summed E-state index contributed by atoms with van der Waals surface area (Å²) in [7, 11) is 0. The van der Waals surface area contributed by atoms with E-state index in [-0.39, 0.29) is 11.5 Å². The maximum atomic E-state index is 13.2. The third kappa shape index (κ3) is 4.93. The van der Waals surface area contributed by atoms with E-state index in [0.29, 0.717) is 13.2 Å². The first-order valence-electron chi connectivity index (χ1n) is 10.6. The highest BCUT2D eigenvalue weighted by Gasteiger charge is 2.24. The van der Waals surface area contributed by atoms with Gasteiger partial charge in [0.15, 0.2) is 0 Å². The number of nitrogens with zero attached hydrogens (tertiary/aromatic N) is 1. The van der Waals surface area contributed by atoms with Crippen LogP contribution < -0.4 is 0 Å². The number of ether oxygens (including phenoxy) is 2. The van der Waals surface area contributed by atoms with Gasteiger partial charge >= 0.3 is 6.09 Å². The first kappa shape index (κ1) is 22.1. The van der Waals surface area contributed by atoms with E-state index in [9.17, 15) is 4.79 Å². The molecule has 0 bridgehead atoms. The van der Waals surface area contributed by atoms with Crippen LogP contribution in [0.4, 0.5) is 4.79 Å².